The number of carbonyl (C=O) groups excluding carboxylic acids is 2. The van der Waals surface area contributed by atoms with Crippen LogP contribution in [0.25, 0.3) is 0 Å². The number of carbonyl (C=O) groups is 2. The Hall–Kier alpha value is -2.28. The summed E-state index contributed by atoms with van der Waals surface area (Å²) in [4.78, 5) is 28.7. The number of alkyl carbamates (subject to hydrolysis) is 1. The fraction of sp³-hybridized carbons (Fsp3) is 0.680. The van der Waals surface area contributed by atoms with Gasteiger partial charge in [0.05, 0.1) is 0 Å². The molecule has 2 unspecified atom stereocenters. The fourth-order valence-electron chi connectivity index (χ4n) is 5.03. The van der Waals surface area contributed by atoms with E-state index < -0.39 is 5.60 Å². The summed E-state index contributed by atoms with van der Waals surface area (Å²) in [5.74, 6) is 1.81. The summed E-state index contributed by atoms with van der Waals surface area (Å²) in [7, 11) is 0. The number of likely N-dealkylation sites (tertiary alicyclic amines) is 2. The van der Waals surface area contributed by atoms with E-state index in [0.29, 0.717) is 24.4 Å². The van der Waals surface area contributed by atoms with Gasteiger partial charge in [-0.05, 0) is 69.9 Å². The number of amides is 2. The summed E-state index contributed by atoms with van der Waals surface area (Å²) in [6.45, 7) is 10.8. The Labute approximate surface area is 191 Å². The Morgan fingerprint density at radius 2 is 1.72 bits per heavy atom. The van der Waals surface area contributed by atoms with Crippen LogP contribution in [-0.4, -0.2) is 66.4 Å². The molecule has 3 aliphatic rings. The molecule has 176 valence electrons. The third-order valence-corrected chi connectivity index (χ3v) is 6.88. The first-order chi connectivity index (χ1) is 15.3. The summed E-state index contributed by atoms with van der Waals surface area (Å²) < 4.78 is 10.8. The Balaban J connectivity index is 1.08. The lowest BCUT2D eigenvalue weighted by Crippen LogP contribution is -2.40. The van der Waals surface area contributed by atoms with E-state index in [9.17, 15) is 9.59 Å². The monoisotopic (exact) mass is 443 g/mol. The van der Waals surface area contributed by atoms with Gasteiger partial charge in [0.1, 0.15) is 12.2 Å². The molecule has 4 rings (SSSR count). The molecule has 7 nitrogen and oxygen atoms in total. The summed E-state index contributed by atoms with van der Waals surface area (Å²) in [5.41, 5.74) is 0.567. The van der Waals surface area contributed by atoms with E-state index in [1.165, 1.54) is 6.42 Å². The molecule has 1 aromatic carbocycles. The zero-order valence-corrected chi connectivity index (χ0v) is 19.6. The van der Waals surface area contributed by atoms with Gasteiger partial charge in [0, 0.05) is 32.2 Å². The second-order valence-corrected chi connectivity index (χ2v) is 10.5. The molecule has 1 aromatic rings. The molecule has 1 aliphatic carbocycles. The predicted octanol–water partition coefficient (Wildman–Crippen LogP) is 3.88. The van der Waals surface area contributed by atoms with Crippen molar-refractivity contribution in [2.75, 3.05) is 32.7 Å². The second-order valence-electron chi connectivity index (χ2n) is 10.5. The van der Waals surface area contributed by atoms with Crippen molar-refractivity contribution in [3.63, 3.8) is 0 Å². The van der Waals surface area contributed by atoms with Crippen LogP contribution in [0.15, 0.2) is 30.3 Å². The van der Waals surface area contributed by atoms with Gasteiger partial charge >= 0.3 is 12.2 Å². The van der Waals surface area contributed by atoms with Crippen LogP contribution < -0.4 is 5.32 Å². The maximum absolute atomic E-state index is 12.3. The van der Waals surface area contributed by atoms with Crippen molar-refractivity contribution in [3.05, 3.63) is 35.9 Å². The molecular formula is C25H37N3O4. The highest BCUT2D eigenvalue weighted by Crippen LogP contribution is 2.45. The first kappa shape index (κ1) is 22.9. The Morgan fingerprint density at radius 3 is 2.34 bits per heavy atom. The highest BCUT2D eigenvalue weighted by atomic mass is 16.6. The molecule has 0 spiro atoms. The third kappa shape index (κ3) is 6.15. The number of nitrogens with one attached hydrogen (secondary N) is 1. The van der Waals surface area contributed by atoms with E-state index in [1.54, 1.807) is 0 Å². The van der Waals surface area contributed by atoms with Crippen molar-refractivity contribution in [2.45, 2.75) is 58.3 Å². The van der Waals surface area contributed by atoms with Crippen molar-refractivity contribution < 1.29 is 19.1 Å². The first-order valence-electron chi connectivity index (χ1n) is 12.0. The SMILES string of the molecule is CC(C)(C)OC(=O)NC1C2CN(CCC3CCN(C(=O)OCc4ccccc4)CC3)CC21. The van der Waals surface area contributed by atoms with Gasteiger partial charge in [-0.2, -0.15) is 0 Å². The van der Waals surface area contributed by atoms with E-state index in [1.807, 2.05) is 56.0 Å². The minimum absolute atomic E-state index is 0.199. The third-order valence-electron chi connectivity index (χ3n) is 6.88. The molecule has 2 amide bonds. The fourth-order valence-corrected chi connectivity index (χ4v) is 5.03. The smallest absolute Gasteiger partial charge is 0.410 e. The summed E-state index contributed by atoms with van der Waals surface area (Å²) >= 11 is 0. The quantitative estimate of drug-likeness (QED) is 0.723. The molecule has 0 bridgehead atoms. The van der Waals surface area contributed by atoms with Gasteiger partial charge < -0.3 is 24.6 Å². The maximum Gasteiger partial charge on any atom is 0.410 e. The first-order valence-corrected chi connectivity index (χ1v) is 12.0. The Morgan fingerprint density at radius 1 is 1.06 bits per heavy atom. The molecule has 1 N–H and O–H groups in total. The highest BCUT2D eigenvalue weighted by molar-refractivity contribution is 5.69. The van der Waals surface area contributed by atoms with Crippen molar-refractivity contribution in [1.29, 1.82) is 0 Å². The number of hydrogen-bond acceptors (Lipinski definition) is 5. The number of piperidine rings is 2. The summed E-state index contributed by atoms with van der Waals surface area (Å²) in [6.07, 6.45) is 2.78. The van der Waals surface area contributed by atoms with Gasteiger partial charge in [-0.25, -0.2) is 9.59 Å². The second kappa shape index (κ2) is 9.69. The van der Waals surface area contributed by atoms with E-state index in [-0.39, 0.29) is 18.2 Å². The van der Waals surface area contributed by atoms with Gasteiger partial charge in [-0.1, -0.05) is 30.3 Å². The molecule has 0 radical (unpaired) electrons. The lowest BCUT2D eigenvalue weighted by Gasteiger charge is -2.32. The number of nitrogens with zero attached hydrogens (tertiary/aromatic N) is 2. The van der Waals surface area contributed by atoms with Crippen LogP contribution in [0, 0.1) is 17.8 Å². The van der Waals surface area contributed by atoms with Crippen molar-refractivity contribution in [2.24, 2.45) is 17.8 Å². The maximum atomic E-state index is 12.3. The van der Waals surface area contributed by atoms with Gasteiger partial charge in [0.2, 0.25) is 0 Å². The molecule has 32 heavy (non-hydrogen) atoms. The van der Waals surface area contributed by atoms with Crippen molar-refractivity contribution in [1.82, 2.24) is 15.1 Å². The van der Waals surface area contributed by atoms with Gasteiger partial charge in [0.15, 0.2) is 0 Å². The molecule has 3 fully saturated rings. The molecule has 2 heterocycles. The lowest BCUT2D eigenvalue weighted by atomic mass is 9.93. The van der Waals surface area contributed by atoms with E-state index >= 15 is 0 Å². The predicted molar refractivity (Wildman–Crippen MR) is 122 cm³/mol. The lowest BCUT2D eigenvalue weighted by molar-refractivity contribution is 0.0513. The Kier molecular flexibility index (Phi) is 6.93. The molecular weight excluding hydrogens is 406 g/mol. The average molecular weight is 444 g/mol. The number of hydrogen-bond donors (Lipinski definition) is 1. The molecule has 0 aromatic heterocycles. The van der Waals surface area contributed by atoms with Crippen LogP contribution in [0.5, 0.6) is 0 Å². The van der Waals surface area contributed by atoms with Crippen molar-refractivity contribution in [3.8, 4) is 0 Å². The van der Waals surface area contributed by atoms with Gasteiger partial charge in [-0.15, -0.1) is 0 Å². The van der Waals surface area contributed by atoms with Crippen molar-refractivity contribution >= 4 is 12.2 Å². The van der Waals surface area contributed by atoms with Crippen LogP contribution in [0.2, 0.25) is 0 Å². The van der Waals surface area contributed by atoms with Crippen LogP contribution >= 0.6 is 0 Å². The van der Waals surface area contributed by atoms with E-state index in [2.05, 4.69) is 10.2 Å². The normalized spacial score (nSPS) is 25.8. The van der Waals surface area contributed by atoms with E-state index in [4.69, 9.17) is 9.47 Å². The van der Waals surface area contributed by atoms with Crippen LogP contribution in [0.4, 0.5) is 9.59 Å². The topological polar surface area (TPSA) is 71.1 Å². The molecule has 2 aliphatic heterocycles. The summed E-state index contributed by atoms with van der Waals surface area (Å²) in [6, 6.07) is 10.1. The van der Waals surface area contributed by atoms with E-state index in [0.717, 1.165) is 51.1 Å². The molecule has 2 atom stereocenters. The molecule has 1 saturated carbocycles. The molecule has 7 heteroatoms. The number of ether oxygens (including phenoxy) is 2. The largest absolute Gasteiger partial charge is 0.445 e. The minimum atomic E-state index is -0.450. The minimum Gasteiger partial charge on any atom is -0.445 e. The number of rotatable bonds is 6. The standard InChI is InChI=1S/C25H37N3O4/c1-25(2,3)32-23(29)26-22-20-15-27(16-21(20)22)12-9-18-10-13-28(14-11-18)24(30)31-17-19-7-5-4-6-8-19/h4-8,18,20-22H,9-17H2,1-3H3,(H,26,29). The highest BCUT2D eigenvalue weighted by Gasteiger charge is 2.56. The van der Waals surface area contributed by atoms with Gasteiger partial charge in [0.25, 0.3) is 0 Å². The molecule has 2 saturated heterocycles. The van der Waals surface area contributed by atoms with Crippen LogP contribution in [-0.2, 0) is 16.1 Å². The number of fused-ring (bicyclic) bond motifs is 1. The van der Waals surface area contributed by atoms with Crippen LogP contribution in [0.3, 0.4) is 0 Å². The van der Waals surface area contributed by atoms with Gasteiger partial charge in [-0.3, -0.25) is 0 Å². The zero-order chi connectivity index (χ0) is 22.7. The average Bonchev–Trinajstić information content (AvgIpc) is 3.18. The summed E-state index contributed by atoms with van der Waals surface area (Å²) in [5, 5.41) is 3.04. The van der Waals surface area contributed by atoms with Crippen LogP contribution in [0.1, 0.15) is 45.6 Å². The number of benzene rings is 1. The zero-order valence-electron chi connectivity index (χ0n) is 19.6. The Bertz CT molecular complexity index is 774.